The maximum Gasteiger partial charge on any atom is 0.185 e. The Morgan fingerprint density at radius 1 is 1.33 bits per heavy atom. The summed E-state index contributed by atoms with van der Waals surface area (Å²) >= 11 is 1.75. The molecule has 0 aromatic carbocycles. The molecule has 3 nitrogen and oxygen atoms in total. The highest BCUT2D eigenvalue weighted by molar-refractivity contribution is 7.15. The average molecular weight is 269 g/mol. The second kappa shape index (κ2) is 7.10. The van der Waals surface area contributed by atoms with Crippen molar-refractivity contribution in [2.75, 3.05) is 18.5 Å². The van der Waals surface area contributed by atoms with E-state index in [1.807, 2.05) is 0 Å². The number of nitrogens with zero attached hydrogens (tertiary/aromatic N) is 2. The van der Waals surface area contributed by atoms with Crippen LogP contribution in [0.5, 0.6) is 0 Å². The van der Waals surface area contributed by atoms with Crippen molar-refractivity contribution in [1.29, 1.82) is 0 Å². The van der Waals surface area contributed by atoms with Gasteiger partial charge >= 0.3 is 0 Å². The lowest BCUT2D eigenvalue weighted by Crippen LogP contribution is -2.19. The van der Waals surface area contributed by atoms with E-state index >= 15 is 0 Å². The van der Waals surface area contributed by atoms with Crippen LogP contribution in [0, 0.1) is 5.92 Å². The number of rotatable bonds is 7. The summed E-state index contributed by atoms with van der Waals surface area (Å²) in [7, 11) is 2.13. The number of aromatic nitrogens is 1. The highest BCUT2D eigenvalue weighted by atomic mass is 32.1. The topological polar surface area (TPSA) is 42.2 Å². The van der Waals surface area contributed by atoms with Gasteiger partial charge in [0.05, 0.1) is 5.69 Å². The van der Waals surface area contributed by atoms with Crippen LogP contribution in [0.3, 0.4) is 0 Å². The van der Waals surface area contributed by atoms with Gasteiger partial charge in [0, 0.05) is 25.0 Å². The molecule has 0 aliphatic rings. The van der Waals surface area contributed by atoms with Crippen LogP contribution in [-0.2, 0) is 6.54 Å². The summed E-state index contributed by atoms with van der Waals surface area (Å²) in [5, 5.41) is 1.12. The van der Waals surface area contributed by atoms with Gasteiger partial charge in [-0.2, -0.15) is 0 Å². The molecule has 1 atom stereocenters. The summed E-state index contributed by atoms with van der Waals surface area (Å²) in [6.07, 6.45) is 2.32. The fraction of sp³-hybridized carbons (Fsp3) is 0.786. The lowest BCUT2D eigenvalue weighted by molar-refractivity contribution is 0.584. The predicted molar refractivity (Wildman–Crippen MR) is 81.4 cm³/mol. The molecule has 0 spiro atoms. The number of nitrogens with two attached hydrogens (primary N) is 1. The standard InChI is InChI=1S/C14H27N3S/c1-6-11(4)13-12(9-15)18-14(16-13)17(5)8-7-10(2)3/h10-11H,6-9,15H2,1-5H3. The zero-order valence-electron chi connectivity index (χ0n) is 12.4. The van der Waals surface area contributed by atoms with E-state index in [9.17, 15) is 0 Å². The zero-order valence-corrected chi connectivity index (χ0v) is 13.2. The Hall–Kier alpha value is -0.610. The second-order valence-corrected chi connectivity index (χ2v) is 6.48. The molecule has 104 valence electrons. The van der Waals surface area contributed by atoms with Gasteiger partial charge in [0.2, 0.25) is 0 Å². The molecule has 18 heavy (non-hydrogen) atoms. The van der Waals surface area contributed by atoms with E-state index in [1.165, 1.54) is 17.0 Å². The van der Waals surface area contributed by atoms with E-state index in [0.717, 1.165) is 24.0 Å². The van der Waals surface area contributed by atoms with Crippen LogP contribution in [0.4, 0.5) is 5.13 Å². The highest BCUT2D eigenvalue weighted by Crippen LogP contribution is 2.31. The Labute approximate surface area is 115 Å². The van der Waals surface area contributed by atoms with Gasteiger partial charge in [-0.1, -0.05) is 27.7 Å². The van der Waals surface area contributed by atoms with Crippen LogP contribution in [0.25, 0.3) is 0 Å². The van der Waals surface area contributed by atoms with Gasteiger partial charge in [0.15, 0.2) is 5.13 Å². The molecule has 1 rings (SSSR count). The molecule has 0 saturated carbocycles. The quantitative estimate of drug-likeness (QED) is 0.822. The molecule has 0 bridgehead atoms. The van der Waals surface area contributed by atoms with Crippen molar-refractivity contribution in [3.8, 4) is 0 Å². The number of hydrogen-bond acceptors (Lipinski definition) is 4. The van der Waals surface area contributed by atoms with Crippen LogP contribution < -0.4 is 10.6 Å². The van der Waals surface area contributed by atoms with Crippen LogP contribution in [0.1, 0.15) is 57.0 Å². The third-order valence-corrected chi connectivity index (χ3v) is 4.56. The predicted octanol–water partition coefficient (Wildman–Crippen LogP) is 3.60. The molecule has 0 amide bonds. The van der Waals surface area contributed by atoms with Crippen LogP contribution in [0.15, 0.2) is 0 Å². The third kappa shape index (κ3) is 3.95. The van der Waals surface area contributed by atoms with Gasteiger partial charge in [-0.3, -0.25) is 0 Å². The first kappa shape index (κ1) is 15.4. The van der Waals surface area contributed by atoms with Crippen molar-refractivity contribution in [2.24, 2.45) is 11.7 Å². The molecule has 0 saturated heterocycles. The highest BCUT2D eigenvalue weighted by Gasteiger charge is 2.17. The Morgan fingerprint density at radius 3 is 2.50 bits per heavy atom. The fourth-order valence-electron chi connectivity index (χ4n) is 1.79. The van der Waals surface area contributed by atoms with Crippen LogP contribution in [0.2, 0.25) is 0 Å². The molecule has 4 heteroatoms. The summed E-state index contributed by atoms with van der Waals surface area (Å²) in [5.74, 6) is 1.24. The number of thiazole rings is 1. The molecule has 0 aliphatic carbocycles. The van der Waals surface area contributed by atoms with E-state index in [4.69, 9.17) is 10.7 Å². The molecule has 0 radical (unpaired) electrons. The van der Waals surface area contributed by atoms with Gasteiger partial charge in [0.1, 0.15) is 0 Å². The van der Waals surface area contributed by atoms with Crippen molar-refractivity contribution < 1.29 is 0 Å². The van der Waals surface area contributed by atoms with Crippen molar-refractivity contribution in [1.82, 2.24) is 4.98 Å². The molecular weight excluding hydrogens is 242 g/mol. The van der Waals surface area contributed by atoms with Crippen LogP contribution in [-0.4, -0.2) is 18.6 Å². The van der Waals surface area contributed by atoms with Gasteiger partial charge < -0.3 is 10.6 Å². The Kier molecular flexibility index (Phi) is 6.09. The Balaban J connectivity index is 2.80. The zero-order chi connectivity index (χ0) is 13.7. The number of anilines is 1. The fourth-order valence-corrected chi connectivity index (χ4v) is 2.83. The maximum atomic E-state index is 5.83. The van der Waals surface area contributed by atoms with Gasteiger partial charge in [-0.05, 0) is 24.7 Å². The lowest BCUT2D eigenvalue weighted by atomic mass is 10.0. The van der Waals surface area contributed by atoms with Gasteiger partial charge in [0.25, 0.3) is 0 Å². The van der Waals surface area contributed by atoms with E-state index in [-0.39, 0.29) is 0 Å². The van der Waals surface area contributed by atoms with Crippen LogP contribution >= 0.6 is 11.3 Å². The lowest BCUT2D eigenvalue weighted by Gasteiger charge is -2.16. The molecule has 1 aromatic rings. The Morgan fingerprint density at radius 2 is 2.00 bits per heavy atom. The van der Waals surface area contributed by atoms with Crippen molar-refractivity contribution in [3.63, 3.8) is 0 Å². The summed E-state index contributed by atoms with van der Waals surface area (Å²) in [5.41, 5.74) is 7.04. The van der Waals surface area contributed by atoms with Gasteiger partial charge in [-0.25, -0.2) is 4.98 Å². The first-order valence-electron chi connectivity index (χ1n) is 6.90. The SMILES string of the molecule is CCC(C)c1nc(N(C)CCC(C)C)sc1CN. The molecule has 0 aliphatic heterocycles. The molecule has 1 unspecified atom stereocenters. The summed E-state index contributed by atoms with van der Waals surface area (Å²) in [6, 6.07) is 0. The summed E-state index contributed by atoms with van der Waals surface area (Å²) < 4.78 is 0. The Bertz CT molecular complexity index is 360. The minimum atomic E-state index is 0.507. The maximum absolute atomic E-state index is 5.83. The molecule has 1 aromatic heterocycles. The second-order valence-electron chi connectivity index (χ2n) is 5.42. The summed E-state index contributed by atoms with van der Waals surface area (Å²) in [6.45, 7) is 10.6. The first-order chi connectivity index (χ1) is 8.49. The molecular formula is C14H27N3S. The molecule has 1 heterocycles. The summed E-state index contributed by atoms with van der Waals surface area (Å²) in [4.78, 5) is 8.30. The number of hydrogen-bond donors (Lipinski definition) is 1. The van der Waals surface area contributed by atoms with Crippen molar-refractivity contribution in [2.45, 2.75) is 53.0 Å². The van der Waals surface area contributed by atoms with E-state index < -0.39 is 0 Å². The van der Waals surface area contributed by atoms with E-state index in [2.05, 4.69) is 39.6 Å². The van der Waals surface area contributed by atoms with Crippen molar-refractivity contribution in [3.05, 3.63) is 10.6 Å². The van der Waals surface area contributed by atoms with E-state index in [0.29, 0.717) is 12.5 Å². The van der Waals surface area contributed by atoms with Gasteiger partial charge in [-0.15, -0.1) is 11.3 Å². The minimum absolute atomic E-state index is 0.507. The average Bonchev–Trinajstić information content (AvgIpc) is 2.78. The minimum Gasteiger partial charge on any atom is -0.351 e. The van der Waals surface area contributed by atoms with Crippen molar-refractivity contribution >= 4 is 16.5 Å². The third-order valence-electron chi connectivity index (χ3n) is 3.35. The largest absolute Gasteiger partial charge is 0.351 e. The van der Waals surface area contributed by atoms with E-state index in [1.54, 1.807) is 11.3 Å². The molecule has 0 fully saturated rings. The monoisotopic (exact) mass is 269 g/mol. The normalized spacial score (nSPS) is 13.1. The molecule has 2 N–H and O–H groups in total. The first-order valence-corrected chi connectivity index (χ1v) is 7.72. The smallest absolute Gasteiger partial charge is 0.185 e.